The van der Waals surface area contributed by atoms with E-state index >= 15 is 0 Å². The number of nitrogens with one attached hydrogen (secondary N) is 2. The van der Waals surface area contributed by atoms with Crippen molar-refractivity contribution in [3.8, 4) is 0 Å². The smallest absolute Gasteiger partial charge is 0.216 e. The molecule has 0 bridgehead atoms. The molecule has 5 heteroatoms. The van der Waals surface area contributed by atoms with Crippen LogP contribution in [0.25, 0.3) is 0 Å². The lowest BCUT2D eigenvalue weighted by Crippen LogP contribution is -2.32. The molecule has 0 spiro atoms. The summed E-state index contributed by atoms with van der Waals surface area (Å²) in [7, 11) is 0. The van der Waals surface area contributed by atoms with Crippen LogP contribution < -0.4 is 10.6 Å². The predicted octanol–water partition coefficient (Wildman–Crippen LogP) is 1.36. The summed E-state index contributed by atoms with van der Waals surface area (Å²) in [5.41, 5.74) is 0.104. The Labute approximate surface area is 109 Å². The van der Waals surface area contributed by atoms with E-state index in [9.17, 15) is 9.59 Å². The highest BCUT2D eigenvalue weighted by molar-refractivity contribution is 7.81. The highest BCUT2D eigenvalue weighted by atomic mass is 32.1. The third-order valence-corrected chi connectivity index (χ3v) is 2.92. The number of carbonyl (C=O) groups is 2. The Bertz CT molecular complexity index is 267. The number of hydrogen-bond donors (Lipinski definition) is 3. The Kier molecular flexibility index (Phi) is 7.27. The average molecular weight is 260 g/mol. The summed E-state index contributed by atoms with van der Waals surface area (Å²) in [6, 6.07) is 0. The molecule has 1 atom stereocenters. The number of thiol groups is 1. The largest absolute Gasteiger partial charge is 0.356 e. The molecule has 0 aromatic rings. The van der Waals surface area contributed by atoms with E-state index in [1.165, 1.54) is 13.8 Å². The minimum atomic E-state index is -0.0277. The van der Waals surface area contributed by atoms with Gasteiger partial charge in [-0.3, -0.25) is 9.59 Å². The highest BCUT2D eigenvalue weighted by Gasteiger charge is 2.21. The van der Waals surface area contributed by atoms with Gasteiger partial charge >= 0.3 is 0 Å². The zero-order chi connectivity index (χ0) is 13.5. The molecule has 0 aromatic carbocycles. The molecule has 0 fully saturated rings. The molecule has 0 radical (unpaired) electrons. The Morgan fingerprint density at radius 1 is 1.18 bits per heavy atom. The van der Waals surface area contributed by atoms with Crippen LogP contribution in [-0.4, -0.2) is 30.2 Å². The van der Waals surface area contributed by atoms with Gasteiger partial charge in [-0.1, -0.05) is 13.8 Å². The van der Waals surface area contributed by atoms with Crippen molar-refractivity contribution in [3.63, 3.8) is 0 Å². The van der Waals surface area contributed by atoms with Gasteiger partial charge in [0.1, 0.15) is 0 Å². The first-order valence-electron chi connectivity index (χ1n) is 5.90. The van der Waals surface area contributed by atoms with Gasteiger partial charge in [0.05, 0.1) is 0 Å². The van der Waals surface area contributed by atoms with Crippen molar-refractivity contribution in [1.82, 2.24) is 10.6 Å². The van der Waals surface area contributed by atoms with Gasteiger partial charge < -0.3 is 10.6 Å². The molecular formula is C12H24N2O2S. The molecule has 2 N–H and O–H groups in total. The molecule has 100 valence electrons. The van der Waals surface area contributed by atoms with Crippen LogP contribution in [0.5, 0.6) is 0 Å². The van der Waals surface area contributed by atoms with Gasteiger partial charge in [-0.25, -0.2) is 0 Å². The molecule has 0 aliphatic carbocycles. The van der Waals surface area contributed by atoms with Gasteiger partial charge in [0.2, 0.25) is 11.8 Å². The van der Waals surface area contributed by atoms with Crippen molar-refractivity contribution in [2.75, 3.05) is 13.1 Å². The van der Waals surface area contributed by atoms with E-state index in [2.05, 4.69) is 37.1 Å². The lowest BCUT2D eigenvalue weighted by molar-refractivity contribution is -0.119. The summed E-state index contributed by atoms with van der Waals surface area (Å²) in [5.74, 6) is -0.0263. The van der Waals surface area contributed by atoms with Gasteiger partial charge in [-0.2, -0.15) is 12.6 Å². The van der Waals surface area contributed by atoms with Crippen LogP contribution in [0.2, 0.25) is 0 Å². The van der Waals surface area contributed by atoms with Crippen LogP contribution in [0.15, 0.2) is 0 Å². The molecule has 4 nitrogen and oxygen atoms in total. The minimum absolute atomic E-state index is 0.00136. The maximum atomic E-state index is 10.8. The summed E-state index contributed by atoms with van der Waals surface area (Å²) in [5, 5.41) is 5.69. The maximum absolute atomic E-state index is 10.8. The number of hydrogen-bond acceptors (Lipinski definition) is 3. The Balaban J connectivity index is 3.89. The quantitative estimate of drug-likeness (QED) is 0.605. The van der Waals surface area contributed by atoms with E-state index in [0.717, 1.165) is 12.8 Å². The monoisotopic (exact) mass is 260 g/mol. The first-order chi connectivity index (χ1) is 7.73. The van der Waals surface area contributed by atoms with Crippen molar-refractivity contribution in [2.24, 2.45) is 5.41 Å². The Morgan fingerprint density at radius 2 is 1.71 bits per heavy atom. The van der Waals surface area contributed by atoms with Gasteiger partial charge in [0.25, 0.3) is 0 Å². The number of carbonyl (C=O) groups excluding carboxylic acids is 2. The van der Waals surface area contributed by atoms with E-state index in [1.54, 1.807) is 0 Å². The zero-order valence-corrected chi connectivity index (χ0v) is 12.1. The first kappa shape index (κ1) is 16.3. The van der Waals surface area contributed by atoms with Gasteiger partial charge in [-0.15, -0.1) is 0 Å². The summed E-state index contributed by atoms with van der Waals surface area (Å²) in [6.45, 7) is 8.58. The third-order valence-electron chi connectivity index (χ3n) is 2.55. The van der Waals surface area contributed by atoms with Gasteiger partial charge in [-0.05, 0) is 18.3 Å². The number of rotatable bonds is 7. The predicted molar refractivity (Wildman–Crippen MR) is 73.2 cm³/mol. The summed E-state index contributed by atoms with van der Waals surface area (Å²) in [6.07, 6.45) is 1.81. The topological polar surface area (TPSA) is 58.2 Å². The molecule has 0 heterocycles. The van der Waals surface area contributed by atoms with Crippen LogP contribution in [0, 0.1) is 5.41 Å². The molecule has 0 saturated heterocycles. The van der Waals surface area contributed by atoms with Crippen LogP contribution in [-0.2, 0) is 9.59 Å². The van der Waals surface area contributed by atoms with Crippen molar-refractivity contribution >= 4 is 24.4 Å². The molecule has 0 aliphatic heterocycles. The van der Waals surface area contributed by atoms with Crippen LogP contribution in [0.3, 0.4) is 0 Å². The number of amides is 2. The second-order valence-corrected chi connectivity index (χ2v) is 5.92. The molecule has 0 rings (SSSR count). The van der Waals surface area contributed by atoms with E-state index in [1.807, 2.05) is 0 Å². The molecular weight excluding hydrogens is 236 g/mol. The van der Waals surface area contributed by atoms with Crippen LogP contribution in [0.1, 0.15) is 40.5 Å². The normalized spacial score (nSPS) is 13.0. The van der Waals surface area contributed by atoms with Crippen LogP contribution in [0.4, 0.5) is 0 Å². The fourth-order valence-corrected chi connectivity index (χ4v) is 2.24. The Hall–Kier alpha value is -0.710. The SMILES string of the molecule is CC(=O)NCCC(C)(C)CC(S)CNC(C)=O. The minimum Gasteiger partial charge on any atom is -0.356 e. The fourth-order valence-electron chi connectivity index (χ4n) is 1.65. The molecule has 0 aliphatic rings. The molecule has 2 amide bonds. The summed E-state index contributed by atoms with van der Waals surface area (Å²) < 4.78 is 0. The van der Waals surface area contributed by atoms with E-state index in [4.69, 9.17) is 0 Å². The zero-order valence-electron chi connectivity index (χ0n) is 11.2. The highest BCUT2D eigenvalue weighted by Crippen LogP contribution is 2.27. The Morgan fingerprint density at radius 3 is 2.18 bits per heavy atom. The first-order valence-corrected chi connectivity index (χ1v) is 6.41. The van der Waals surface area contributed by atoms with Crippen molar-refractivity contribution < 1.29 is 9.59 Å². The standard InChI is InChI=1S/C12H24N2O2S/c1-9(15)13-6-5-12(3,4)7-11(17)8-14-10(2)16/h11,17H,5-8H2,1-4H3,(H,13,15)(H,14,16). The lowest BCUT2D eigenvalue weighted by atomic mass is 9.84. The lowest BCUT2D eigenvalue weighted by Gasteiger charge is -2.27. The molecule has 1 unspecified atom stereocenters. The van der Waals surface area contributed by atoms with Crippen LogP contribution >= 0.6 is 12.6 Å². The second kappa shape index (κ2) is 7.58. The van der Waals surface area contributed by atoms with Crippen molar-refractivity contribution in [1.29, 1.82) is 0 Å². The van der Waals surface area contributed by atoms with E-state index < -0.39 is 0 Å². The average Bonchev–Trinajstić information content (AvgIpc) is 2.12. The summed E-state index contributed by atoms with van der Waals surface area (Å²) in [4.78, 5) is 21.5. The van der Waals surface area contributed by atoms with Gasteiger partial charge in [0.15, 0.2) is 0 Å². The summed E-state index contributed by atoms with van der Waals surface area (Å²) >= 11 is 4.46. The second-order valence-electron chi connectivity index (χ2n) is 5.19. The maximum Gasteiger partial charge on any atom is 0.216 e. The van der Waals surface area contributed by atoms with Gasteiger partial charge in [0, 0.05) is 32.2 Å². The molecule has 17 heavy (non-hydrogen) atoms. The third kappa shape index (κ3) is 10.2. The van der Waals surface area contributed by atoms with Crippen molar-refractivity contribution in [3.05, 3.63) is 0 Å². The molecule has 0 saturated carbocycles. The fraction of sp³-hybridized carbons (Fsp3) is 0.833. The van der Waals surface area contributed by atoms with E-state index in [0.29, 0.717) is 13.1 Å². The van der Waals surface area contributed by atoms with Crippen molar-refractivity contribution in [2.45, 2.75) is 45.8 Å². The van der Waals surface area contributed by atoms with E-state index in [-0.39, 0.29) is 22.5 Å². The molecule has 0 aromatic heterocycles.